The summed E-state index contributed by atoms with van der Waals surface area (Å²) in [5.41, 5.74) is 0.697. The van der Waals surface area contributed by atoms with Gasteiger partial charge in [-0.05, 0) is 18.9 Å². The predicted molar refractivity (Wildman–Crippen MR) is 81.7 cm³/mol. The molecule has 8 nitrogen and oxygen atoms in total. The lowest BCUT2D eigenvalue weighted by atomic mass is 9.81. The van der Waals surface area contributed by atoms with E-state index >= 15 is 0 Å². The van der Waals surface area contributed by atoms with Crippen LogP contribution in [0.5, 0.6) is 0 Å². The second-order valence-electron chi connectivity index (χ2n) is 6.39. The fraction of sp³-hybridized carbons (Fsp3) is 0.562. The monoisotopic (exact) mass is 336 g/mol. The first kappa shape index (κ1) is 16.5. The Morgan fingerprint density at radius 2 is 2.12 bits per heavy atom. The molecule has 8 heteroatoms. The predicted octanol–water partition coefficient (Wildman–Crippen LogP) is 0.191. The van der Waals surface area contributed by atoms with E-state index in [-0.39, 0.29) is 30.2 Å². The Kier molecular flexibility index (Phi) is 4.08. The van der Waals surface area contributed by atoms with Crippen molar-refractivity contribution >= 4 is 18.0 Å². The van der Waals surface area contributed by atoms with Gasteiger partial charge in [0.25, 0.3) is 0 Å². The van der Waals surface area contributed by atoms with Crippen molar-refractivity contribution < 1.29 is 29.3 Å². The van der Waals surface area contributed by atoms with Gasteiger partial charge in [-0.15, -0.1) is 0 Å². The maximum atomic E-state index is 12.1. The summed E-state index contributed by atoms with van der Waals surface area (Å²) in [5.74, 6) is -2.13. The van der Waals surface area contributed by atoms with E-state index in [1.165, 1.54) is 15.9 Å². The molecular weight excluding hydrogens is 316 g/mol. The van der Waals surface area contributed by atoms with E-state index < -0.39 is 24.1 Å². The van der Waals surface area contributed by atoms with Crippen molar-refractivity contribution in [1.29, 1.82) is 0 Å². The van der Waals surface area contributed by atoms with Gasteiger partial charge in [0.05, 0.1) is 18.1 Å². The Bertz CT molecular complexity index is 634. The Morgan fingerprint density at radius 3 is 2.67 bits per heavy atom. The van der Waals surface area contributed by atoms with Gasteiger partial charge in [0, 0.05) is 19.0 Å². The lowest BCUT2D eigenvalue weighted by Crippen LogP contribution is -2.61. The summed E-state index contributed by atoms with van der Waals surface area (Å²) in [7, 11) is 0. The number of carboxylic acid groups (broad SMARTS) is 1. The SMILES string of the molecule is C=CCOC(=O)N1CC(C2=C(C(=O)O)N3C(=O)[C@H]([C@@H](C)O)[C@H]3C2)C1. The van der Waals surface area contributed by atoms with Crippen LogP contribution in [0.15, 0.2) is 23.9 Å². The number of carboxylic acids is 1. The first-order valence-electron chi connectivity index (χ1n) is 7.86. The molecule has 24 heavy (non-hydrogen) atoms. The molecule has 3 aliphatic rings. The molecule has 0 saturated carbocycles. The van der Waals surface area contributed by atoms with Gasteiger partial charge in [-0.2, -0.15) is 0 Å². The summed E-state index contributed by atoms with van der Waals surface area (Å²) in [6, 6.07) is -0.291. The van der Waals surface area contributed by atoms with Gasteiger partial charge in [-0.3, -0.25) is 4.79 Å². The van der Waals surface area contributed by atoms with Gasteiger partial charge in [0.2, 0.25) is 5.91 Å². The molecular formula is C16H20N2O6. The van der Waals surface area contributed by atoms with Crippen LogP contribution in [0.2, 0.25) is 0 Å². The van der Waals surface area contributed by atoms with Crippen LogP contribution in [-0.4, -0.2) is 69.8 Å². The van der Waals surface area contributed by atoms with Gasteiger partial charge in [-0.1, -0.05) is 12.7 Å². The largest absolute Gasteiger partial charge is 0.477 e. The third kappa shape index (κ3) is 2.37. The summed E-state index contributed by atoms with van der Waals surface area (Å²) in [4.78, 5) is 38.2. The van der Waals surface area contributed by atoms with E-state index in [9.17, 15) is 24.6 Å². The highest BCUT2D eigenvalue weighted by molar-refractivity contribution is 5.99. The average Bonchev–Trinajstić information content (AvgIpc) is 2.78. The summed E-state index contributed by atoms with van der Waals surface area (Å²) < 4.78 is 4.94. The molecule has 3 atom stereocenters. The quantitative estimate of drug-likeness (QED) is 0.548. The Hall–Kier alpha value is -2.35. The van der Waals surface area contributed by atoms with E-state index in [2.05, 4.69) is 6.58 Å². The number of carbonyl (C=O) groups excluding carboxylic acids is 2. The zero-order valence-electron chi connectivity index (χ0n) is 13.3. The van der Waals surface area contributed by atoms with Crippen molar-refractivity contribution in [3.05, 3.63) is 23.9 Å². The molecule has 0 aliphatic carbocycles. The summed E-state index contributed by atoms with van der Waals surface area (Å²) in [5, 5.41) is 19.2. The topological polar surface area (TPSA) is 107 Å². The number of nitrogens with zero attached hydrogens (tertiary/aromatic N) is 2. The minimum absolute atomic E-state index is 0.0195. The number of fused-ring (bicyclic) bond motifs is 1. The normalized spacial score (nSPS) is 27.3. The van der Waals surface area contributed by atoms with Gasteiger partial charge >= 0.3 is 12.1 Å². The fourth-order valence-electron chi connectivity index (χ4n) is 3.74. The van der Waals surface area contributed by atoms with Gasteiger partial charge in [0.1, 0.15) is 12.3 Å². The van der Waals surface area contributed by atoms with Gasteiger partial charge < -0.3 is 24.7 Å². The summed E-state index contributed by atoms with van der Waals surface area (Å²) in [6.45, 7) is 5.88. The van der Waals surface area contributed by atoms with Crippen LogP contribution >= 0.6 is 0 Å². The molecule has 0 bridgehead atoms. The van der Waals surface area contributed by atoms with E-state index in [0.29, 0.717) is 25.1 Å². The minimum atomic E-state index is -1.14. The van der Waals surface area contributed by atoms with Crippen LogP contribution in [-0.2, 0) is 14.3 Å². The third-order valence-electron chi connectivity index (χ3n) is 4.92. The number of rotatable bonds is 5. The molecule has 0 unspecified atom stereocenters. The zero-order valence-corrected chi connectivity index (χ0v) is 13.3. The fourth-order valence-corrected chi connectivity index (χ4v) is 3.74. The van der Waals surface area contributed by atoms with E-state index in [1.807, 2.05) is 0 Å². The van der Waals surface area contributed by atoms with Crippen molar-refractivity contribution in [2.45, 2.75) is 25.5 Å². The van der Waals surface area contributed by atoms with Crippen LogP contribution < -0.4 is 0 Å². The molecule has 0 aromatic carbocycles. The van der Waals surface area contributed by atoms with Crippen molar-refractivity contribution in [3.63, 3.8) is 0 Å². The Morgan fingerprint density at radius 1 is 1.46 bits per heavy atom. The lowest BCUT2D eigenvalue weighted by molar-refractivity contribution is -0.161. The zero-order chi connectivity index (χ0) is 17.6. The molecule has 2 saturated heterocycles. The van der Waals surface area contributed by atoms with Gasteiger partial charge in [-0.25, -0.2) is 9.59 Å². The molecule has 0 aromatic rings. The number of carbonyl (C=O) groups is 3. The lowest BCUT2D eigenvalue weighted by Gasteiger charge is -2.44. The molecule has 0 spiro atoms. The molecule has 2 fully saturated rings. The van der Waals surface area contributed by atoms with Crippen molar-refractivity contribution in [2.24, 2.45) is 11.8 Å². The van der Waals surface area contributed by atoms with Crippen LogP contribution in [0.3, 0.4) is 0 Å². The highest BCUT2D eigenvalue weighted by Gasteiger charge is 2.58. The molecule has 3 heterocycles. The molecule has 2 N–H and O–H groups in total. The molecule has 3 aliphatic heterocycles. The molecule has 3 rings (SSSR count). The van der Waals surface area contributed by atoms with Gasteiger partial charge in [0.15, 0.2) is 0 Å². The molecule has 2 amide bonds. The highest BCUT2D eigenvalue weighted by atomic mass is 16.6. The van der Waals surface area contributed by atoms with Crippen LogP contribution in [0, 0.1) is 11.8 Å². The Labute approximate surface area is 139 Å². The third-order valence-corrected chi connectivity index (χ3v) is 4.92. The maximum Gasteiger partial charge on any atom is 0.410 e. The van der Waals surface area contributed by atoms with Crippen molar-refractivity contribution in [1.82, 2.24) is 9.80 Å². The van der Waals surface area contributed by atoms with Crippen LogP contribution in [0.4, 0.5) is 4.79 Å². The first-order valence-corrected chi connectivity index (χ1v) is 7.86. The highest BCUT2D eigenvalue weighted by Crippen LogP contribution is 2.47. The Balaban J connectivity index is 1.70. The van der Waals surface area contributed by atoms with Crippen molar-refractivity contribution in [3.8, 4) is 0 Å². The number of amides is 2. The molecule has 0 aromatic heterocycles. The number of hydrogen-bond acceptors (Lipinski definition) is 5. The smallest absolute Gasteiger partial charge is 0.410 e. The van der Waals surface area contributed by atoms with E-state index in [4.69, 9.17) is 4.74 Å². The van der Waals surface area contributed by atoms with Crippen molar-refractivity contribution in [2.75, 3.05) is 19.7 Å². The van der Waals surface area contributed by atoms with Crippen LogP contribution in [0.25, 0.3) is 0 Å². The maximum absolute atomic E-state index is 12.1. The standard InChI is InChI=1S/C16H20N2O6/c1-3-4-24-16(23)17-6-9(7-17)10-5-11-12(8(2)19)14(20)18(11)13(10)15(21)22/h3,8-9,11-12,19H,1,4-7H2,2H3,(H,21,22)/t8-,11-,12-/m1/s1. The van der Waals surface area contributed by atoms with E-state index in [0.717, 1.165) is 0 Å². The number of β-lactam (4-membered cyclic amide) rings is 1. The van der Waals surface area contributed by atoms with Crippen LogP contribution in [0.1, 0.15) is 13.3 Å². The second kappa shape index (κ2) is 5.94. The number of aliphatic carboxylic acids is 1. The summed E-state index contributed by atoms with van der Waals surface area (Å²) >= 11 is 0. The summed E-state index contributed by atoms with van der Waals surface area (Å²) in [6.07, 6.45) is 0.649. The number of aliphatic hydroxyl groups is 1. The first-order chi connectivity index (χ1) is 11.4. The number of aliphatic hydroxyl groups excluding tert-OH is 1. The molecule has 130 valence electrons. The van der Waals surface area contributed by atoms with E-state index in [1.54, 1.807) is 6.92 Å². The average molecular weight is 336 g/mol. The second-order valence-corrected chi connectivity index (χ2v) is 6.39. The molecule has 0 radical (unpaired) electrons. The number of likely N-dealkylation sites (tertiary alicyclic amines) is 1. The number of ether oxygens (including phenoxy) is 1. The number of hydrogen-bond donors (Lipinski definition) is 2. The minimum Gasteiger partial charge on any atom is -0.477 e.